The lowest BCUT2D eigenvalue weighted by Gasteiger charge is -2.41. The molecule has 0 aliphatic heterocycles. The van der Waals surface area contributed by atoms with Crippen molar-refractivity contribution in [2.45, 2.75) is 142 Å². The molecule has 0 aliphatic carbocycles. The lowest BCUT2D eigenvalue weighted by Crippen LogP contribution is -2.53. The maximum Gasteiger partial charge on any atom is 0.224 e. The summed E-state index contributed by atoms with van der Waals surface area (Å²) in [5.74, 6) is 0.0231. The number of carbonyl (C=O) groups is 1. The van der Waals surface area contributed by atoms with Crippen LogP contribution in [0.3, 0.4) is 0 Å². The Morgan fingerprint density at radius 1 is 0.742 bits per heavy atom. The smallest absolute Gasteiger partial charge is 0.224 e. The summed E-state index contributed by atoms with van der Waals surface area (Å²) in [6, 6.07) is 0. The lowest BCUT2D eigenvalue weighted by molar-refractivity contribution is -0.869. The average Bonchev–Trinajstić information content (AvgIpc) is 2.72. The second-order valence-electron chi connectivity index (χ2n) is 9.67. The Morgan fingerprint density at radius 3 is 1.58 bits per heavy atom. The molecule has 0 aromatic rings. The van der Waals surface area contributed by atoms with Crippen molar-refractivity contribution < 1.29 is 9.44 Å². The van der Waals surface area contributed by atoms with Gasteiger partial charge in [0.2, 0.25) is 5.91 Å². The van der Waals surface area contributed by atoms with E-state index in [1.807, 2.05) is 6.92 Å². The number of nitrogens with one attached hydrogen (secondary N) is 1. The van der Waals surface area contributed by atoms with Gasteiger partial charge in [-0.15, -0.1) is 0 Å². The van der Waals surface area contributed by atoms with Crippen LogP contribution in [-0.2, 0) is 4.79 Å². The maximum atomic E-state index is 12.0. The van der Waals surface area contributed by atoms with Gasteiger partial charge in [0.25, 0.3) is 0 Å². The number of hydrogen-bond acceptors (Lipinski definition) is 2. The summed E-state index contributed by atoms with van der Waals surface area (Å²) in [5, 5.41) is 14.8. The molecule has 1 amide bonds. The molecule has 1 unspecified atom stereocenters. The minimum absolute atomic E-state index is 0.0231. The van der Waals surface area contributed by atoms with Crippen LogP contribution in [0.25, 0.3) is 0 Å². The van der Waals surface area contributed by atoms with E-state index in [0.29, 0.717) is 12.8 Å². The van der Waals surface area contributed by atoms with Gasteiger partial charge in [0.15, 0.2) is 6.17 Å². The van der Waals surface area contributed by atoms with E-state index in [-0.39, 0.29) is 12.1 Å². The van der Waals surface area contributed by atoms with E-state index in [2.05, 4.69) is 24.4 Å². The van der Waals surface area contributed by atoms with Crippen molar-refractivity contribution in [2.24, 2.45) is 0 Å². The minimum atomic E-state index is -0.461. The van der Waals surface area contributed by atoms with E-state index in [4.69, 9.17) is 0 Å². The summed E-state index contributed by atoms with van der Waals surface area (Å²) in [6.45, 7) is 4.21. The second-order valence-corrected chi connectivity index (χ2v) is 9.67. The SMILES string of the molecule is CCCCCCCC/C=C\CCCCCCCCCCCC(=O)NC(CC)[N+](C)(C)[O-]. The summed E-state index contributed by atoms with van der Waals surface area (Å²) < 4.78 is -0.461. The van der Waals surface area contributed by atoms with E-state index in [0.717, 1.165) is 12.8 Å². The Morgan fingerprint density at radius 2 is 1.16 bits per heavy atom. The number of hydrogen-bond donors (Lipinski definition) is 1. The highest BCUT2D eigenvalue weighted by molar-refractivity contribution is 5.75. The van der Waals surface area contributed by atoms with Gasteiger partial charge in [-0.25, -0.2) is 0 Å². The van der Waals surface area contributed by atoms with Crippen LogP contribution < -0.4 is 5.32 Å². The standard InChI is InChI=1S/C27H54N2O2/c1-5-7-8-9-10-11-12-13-14-15-16-17-18-19-20-21-22-23-24-25-27(30)28-26(6-2)29(3,4)31/h13-14,26H,5-12,15-25H2,1-4H3,(H,28,30)/b14-13-. The predicted molar refractivity (Wildman–Crippen MR) is 136 cm³/mol. The molecule has 184 valence electrons. The van der Waals surface area contributed by atoms with Crippen molar-refractivity contribution in [1.29, 1.82) is 0 Å². The lowest BCUT2D eigenvalue weighted by atomic mass is 10.1. The van der Waals surface area contributed by atoms with E-state index in [1.165, 1.54) is 96.3 Å². The van der Waals surface area contributed by atoms with Crippen molar-refractivity contribution in [2.75, 3.05) is 14.1 Å². The predicted octanol–water partition coefficient (Wildman–Crippen LogP) is 8.01. The minimum Gasteiger partial charge on any atom is -0.632 e. The van der Waals surface area contributed by atoms with Gasteiger partial charge in [0.05, 0.1) is 14.1 Å². The number of amides is 1. The van der Waals surface area contributed by atoms with Crippen LogP contribution in [0.1, 0.15) is 136 Å². The zero-order valence-electron chi connectivity index (χ0n) is 21.4. The van der Waals surface area contributed by atoms with E-state index in [9.17, 15) is 10.0 Å². The Balaban J connectivity index is 3.35. The number of unbranched alkanes of at least 4 members (excludes halogenated alkanes) is 15. The van der Waals surface area contributed by atoms with Crippen molar-refractivity contribution in [3.8, 4) is 0 Å². The molecule has 0 bridgehead atoms. The summed E-state index contributed by atoms with van der Waals surface area (Å²) >= 11 is 0. The first-order chi connectivity index (χ1) is 14.9. The first-order valence-corrected chi connectivity index (χ1v) is 13.4. The zero-order chi connectivity index (χ0) is 23.2. The normalized spacial score (nSPS) is 13.1. The van der Waals surface area contributed by atoms with Gasteiger partial charge in [-0.1, -0.05) is 103 Å². The van der Waals surface area contributed by atoms with Crippen molar-refractivity contribution >= 4 is 5.91 Å². The number of hydroxylamine groups is 3. The number of carbonyl (C=O) groups excluding carboxylic acids is 1. The molecular formula is C27H54N2O2. The fourth-order valence-corrected chi connectivity index (χ4v) is 4.02. The molecule has 0 fully saturated rings. The van der Waals surface area contributed by atoms with Gasteiger partial charge in [0.1, 0.15) is 0 Å². The quantitative estimate of drug-likeness (QED) is 0.0611. The molecule has 4 heteroatoms. The zero-order valence-corrected chi connectivity index (χ0v) is 21.4. The third-order valence-electron chi connectivity index (χ3n) is 6.13. The number of quaternary nitrogens is 1. The highest BCUT2D eigenvalue weighted by Gasteiger charge is 2.19. The van der Waals surface area contributed by atoms with Crippen LogP contribution in [0.5, 0.6) is 0 Å². The third kappa shape index (κ3) is 20.8. The molecular weight excluding hydrogens is 384 g/mol. The van der Waals surface area contributed by atoms with Crippen LogP contribution in [0.15, 0.2) is 12.2 Å². The maximum absolute atomic E-state index is 12.0. The van der Waals surface area contributed by atoms with Crippen LogP contribution in [-0.4, -0.2) is 30.8 Å². The molecule has 0 saturated carbocycles. The average molecular weight is 439 g/mol. The summed E-state index contributed by atoms with van der Waals surface area (Å²) in [6.07, 6.45) is 27.8. The van der Waals surface area contributed by atoms with Gasteiger partial charge in [-0.2, -0.15) is 0 Å². The molecule has 0 rings (SSSR count). The number of allylic oxidation sites excluding steroid dienone is 2. The van der Waals surface area contributed by atoms with E-state index >= 15 is 0 Å². The molecule has 1 N–H and O–H groups in total. The molecule has 0 spiro atoms. The molecule has 0 aromatic heterocycles. The Kier molecular flexibility index (Phi) is 20.4. The molecule has 0 aliphatic rings. The molecule has 0 radical (unpaired) electrons. The van der Waals surface area contributed by atoms with Gasteiger partial charge in [0, 0.05) is 12.8 Å². The second kappa shape index (κ2) is 21.0. The summed E-state index contributed by atoms with van der Waals surface area (Å²) in [7, 11) is 3.17. The first kappa shape index (κ1) is 30.1. The van der Waals surface area contributed by atoms with Crippen molar-refractivity contribution in [1.82, 2.24) is 5.32 Å². The number of rotatable bonds is 22. The van der Waals surface area contributed by atoms with E-state index in [1.54, 1.807) is 14.1 Å². The Hall–Kier alpha value is -0.870. The largest absolute Gasteiger partial charge is 0.632 e. The first-order valence-electron chi connectivity index (χ1n) is 13.4. The van der Waals surface area contributed by atoms with Gasteiger partial charge in [-0.05, 0) is 32.1 Å². The Labute approximate surface area is 194 Å². The summed E-state index contributed by atoms with van der Waals surface area (Å²) in [5.41, 5.74) is 0. The van der Waals surface area contributed by atoms with Crippen molar-refractivity contribution in [3.05, 3.63) is 17.4 Å². The van der Waals surface area contributed by atoms with Crippen molar-refractivity contribution in [3.63, 3.8) is 0 Å². The van der Waals surface area contributed by atoms with Crippen LogP contribution >= 0.6 is 0 Å². The van der Waals surface area contributed by atoms with E-state index < -0.39 is 4.65 Å². The van der Waals surface area contributed by atoms with Crippen LogP contribution in [0, 0.1) is 5.21 Å². The molecule has 1 atom stereocenters. The third-order valence-corrected chi connectivity index (χ3v) is 6.13. The monoisotopic (exact) mass is 438 g/mol. The molecule has 31 heavy (non-hydrogen) atoms. The highest BCUT2D eigenvalue weighted by Crippen LogP contribution is 2.13. The Bertz CT molecular complexity index is 429. The molecule has 4 nitrogen and oxygen atoms in total. The molecule has 0 saturated heterocycles. The van der Waals surface area contributed by atoms with Gasteiger partial charge < -0.3 is 15.2 Å². The van der Waals surface area contributed by atoms with Crippen LogP contribution in [0.4, 0.5) is 0 Å². The fraction of sp³-hybridized carbons (Fsp3) is 0.889. The van der Waals surface area contributed by atoms with Gasteiger partial charge >= 0.3 is 0 Å². The topological polar surface area (TPSA) is 52.2 Å². The van der Waals surface area contributed by atoms with Gasteiger partial charge in [-0.3, -0.25) is 4.79 Å². The summed E-state index contributed by atoms with van der Waals surface area (Å²) in [4.78, 5) is 12.0. The fourth-order valence-electron chi connectivity index (χ4n) is 4.02. The molecule has 0 heterocycles. The number of nitrogens with zero attached hydrogens (tertiary/aromatic N) is 1. The molecule has 0 aromatic carbocycles. The van der Waals surface area contributed by atoms with Crippen LogP contribution in [0.2, 0.25) is 0 Å². The highest BCUT2D eigenvalue weighted by atomic mass is 16.5.